The highest BCUT2D eigenvalue weighted by molar-refractivity contribution is 7.82. The van der Waals surface area contributed by atoms with Crippen molar-refractivity contribution in [2.24, 2.45) is 5.14 Å². The van der Waals surface area contributed by atoms with Gasteiger partial charge in [0, 0.05) is 26.2 Å². The highest BCUT2D eigenvalue weighted by Crippen LogP contribution is 2.34. The van der Waals surface area contributed by atoms with Gasteiger partial charge < -0.3 is 15.1 Å². The minimum atomic E-state index is -1.52. The minimum Gasteiger partial charge on any atom is -0.345 e. The Bertz CT molecular complexity index is 1090. The van der Waals surface area contributed by atoms with Gasteiger partial charge in [-0.1, -0.05) is 30.3 Å². The highest BCUT2D eigenvalue weighted by Gasteiger charge is 2.36. The van der Waals surface area contributed by atoms with Crippen LogP contribution >= 0.6 is 0 Å². The molecule has 1 aliphatic rings. The molecule has 154 valence electrons. The molecule has 1 amide bonds. The van der Waals surface area contributed by atoms with Crippen molar-refractivity contribution in [2.75, 3.05) is 29.2 Å². The first-order chi connectivity index (χ1) is 14.4. The number of anilines is 4. The van der Waals surface area contributed by atoms with Gasteiger partial charge in [-0.25, -0.2) is 14.3 Å². The van der Waals surface area contributed by atoms with Crippen molar-refractivity contribution < 1.29 is 9.00 Å². The Balaban J connectivity index is 1.60. The first-order valence-electron chi connectivity index (χ1n) is 9.38. The van der Waals surface area contributed by atoms with Crippen LogP contribution in [0.2, 0.25) is 0 Å². The maximum atomic E-state index is 12.9. The molecule has 0 spiro atoms. The lowest BCUT2D eigenvalue weighted by atomic mass is 10.0. The SMILES string of the molecule is CN1C(=O)C(Cc2ccccc2)N(C)c2nc(Nc3ccc(S(N)=O)cc3)ncc21. The molecule has 9 heteroatoms. The number of aromatic nitrogens is 2. The number of hydrogen-bond acceptors (Lipinski definition) is 6. The average Bonchev–Trinajstić information content (AvgIpc) is 2.76. The molecular formula is C21H22N6O2S. The van der Waals surface area contributed by atoms with E-state index >= 15 is 0 Å². The normalized spacial score (nSPS) is 16.9. The first-order valence-corrected chi connectivity index (χ1v) is 10.6. The third-order valence-electron chi connectivity index (χ3n) is 5.14. The number of fused-ring (bicyclic) bond motifs is 1. The summed E-state index contributed by atoms with van der Waals surface area (Å²) in [6.07, 6.45) is 2.23. The molecule has 4 rings (SSSR count). The monoisotopic (exact) mass is 422 g/mol. The van der Waals surface area contributed by atoms with E-state index < -0.39 is 11.0 Å². The van der Waals surface area contributed by atoms with Gasteiger partial charge in [-0.3, -0.25) is 4.79 Å². The van der Waals surface area contributed by atoms with Crippen molar-refractivity contribution in [3.63, 3.8) is 0 Å². The van der Waals surface area contributed by atoms with E-state index in [1.54, 1.807) is 42.4 Å². The number of rotatable bonds is 5. The molecular weight excluding hydrogens is 400 g/mol. The minimum absolute atomic E-state index is 0.00327. The van der Waals surface area contributed by atoms with Gasteiger partial charge >= 0.3 is 0 Å². The van der Waals surface area contributed by atoms with Crippen LogP contribution in [0.3, 0.4) is 0 Å². The van der Waals surface area contributed by atoms with Crippen LogP contribution in [0.1, 0.15) is 5.56 Å². The van der Waals surface area contributed by atoms with Gasteiger partial charge in [-0.15, -0.1) is 0 Å². The van der Waals surface area contributed by atoms with Gasteiger partial charge in [0.15, 0.2) is 5.82 Å². The molecule has 0 saturated carbocycles. The Morgan fingerprint density at radius 3 is 2.47 bits per heavy atom. The smallest absolute Gasteiger partial charge is 0.249 e. The second-order valence-corrected chi connectivity index (χ2v) is 8.13. The van der Waals surface area contributed by atoms with E-state index in [4.69, 9.17) is 5.14 Å². The number of carbonyl (C=O) groups excluding carboxylic acids is 1. The Morgan fingerprint density at radius 1 is 1.10 bits per heavy atom. The summed E-state index contributed by atoms with van der Waals surface area (Å²) < 4.78 is 11.3. The summed E-state index contributed by atoms with van der Waals surface area (Å²) in [7, 11) is 2.10. The van der Waals surface area contributed by atoms with Crippen LogP contribution in [0.15, 0.2) is 65.7 Å². The number of benzene rings is 2. The molecule has 2 heterocycles. The third-order valence-corrected chi connectivity index (χ3v) is 5.88. The molecule has 2 aromatic carbocycles. The van der Waals surface area contributed by atoms with Crippen LogP contribution in [0, 0.1) is 0 Å². The second kappa shape index (κ2) is 8.21. The van der Waals surface area contributed by atoms with Crippen LogP contribution in [0.25, 0.3) is 0 Å². The molecule has 0 fully saturated rings. The Labute approximate surface area is 177 Å². The van der Waals surface area contributed by atoms with Crippen molar-refractivity contribution in [2.45, 2.75) is 17.4 Å². The zero-order chi connectivity index (χ0) is 21.3. The van der Waals surface area contributed by atoms with Gasteiger partial charge in [0.2, 0.25) is 11.9 Å². The Hall–Kier alpha value is -3.30. The highest BCUT2D eigenvalue weighted by atomic mass is 32.2. The summed E-state index contributed by atoms with van der Waals surface area (Å²) >= 11 is 0. The lowest BCUT2D eigenvalue weighted by Crippen LogP contribution is -2.52. The molecule has 1 aliphatic heterocycles. The van der Waals surface area contributed by atoms with Gasteiger partial charge in [0.05, 0.1) is 11.1 Å². The second-order valence-electron chi connectivity index (χ2n) is 7.06. The lowest BCUT2D eigenvalue weighted by molar-refractivity contribution is -0.119. The van der Waals surface area contributed by atoms with E-state index in [9.17, 15) is 9.00 Å². The number of nitrogens with two attached hydrogens (primary N) is 1. The van der Waals surface area contributed by atoms with E-state index in [1.807, 2.05) is 42.3 Å². The van der Waals surface area contributed by atoms with Crippen LogP contribution < -0.4 is 20.3 Å². The predicted molar refractivity (Wildman–Crippen MR) is 118 cm³/mol. The molecule has 8 nitrogen and oxygen atoms in total. The summed E-state index contributed by atoms with van der Waals surface area (Å²) in [5.74, 6) is 1.09. The molecule has 1 aromatic heterocycles. The van der Waals surface area contributed by atoms with Crippen molar-refractivity contribution in [1.29, 1.82) is 0 Å². The zero-order valence-electron chi connectivity index (χ0n) is 16.6. The molecule has 0 bridgehead atoms. The number of carbonyl (C=O) groups is 1. The lowest BCUT2D eigenvalue weighted by Gasteiger charge is -2.38. The fourth-order valence-electron chi connectivity index (χ4n) is 3.44. The third kappa shape index (κ3) is 3.89. The molecule has 30 heavy (non-hydrogen) atoms. The van der Waals surface area contributed by atoms with Crippen LogP contribution in [0.5, 0.6) is 0 Å². The molecule has 2 atom stereocenters. The predicted octanol–water partition coefficient (Wildman–Crippen LogP) is 2.23. The van der Waals surface area contributed by atoms with Gasteiger partial charge in [0.1, 0.15) is 22.7 Å². The van der Waals surface area contributed by atoms with Crippen molar-refractivity contribution in [1.82, 2.24) is 9.97 Å². The van der Waals surface area contributed by atoms with Crippen molar-refractivity contribution in [3.05, 3.63) is 66.4 Å². The maximum Gasteiger partial charge on any atom is 0.249 e. The van der Waals surface area contributed by atoms with Crippen LogP contribution in [0.4, 0.5) is 23.1 Å². The van der Waals surface area contributed by atoms with E-state index in [-0.39, 0.29) is 11.9 Å². The molecule has 0 aliphatic carbocycles. The molecule has 0 radical (unpaired) electrons. The first kappa shape index (κ1) is 20.0. The number of likely N-dealkylation sites (N-methyl/N-ethyl adjacent to an activating group) is 2. The molecule has 3 N–H and O–H groups in total. The largest absolute Gasteiger partial charge is 0.345 e. The van der Waals surface area contributed by atoms with E-state index in [1.165, 1.54) is 0 Å². The fourth-order valence-corrected chi connectivity index (χ4v) is 3.85. The van der Waals surface area contributed by atoms with Gasteiger partial charge in [-0.05, 0) is 29.8 Å². The maximum absolute atomic E-state index is 12.9. The van der Waals surface area contributed by atoms with Crippen LogP contribution in [-0.2, 0) is 22.2 Å². The summed E-state index contributed by atoms with van der Waals surface area (Å²) in [6, 6.07) is 16.5. The van der Waals surface area contributed by atoms with E-state index in [0.29, 0.717) is 28.8 Å². The average molecular weight is 423 g/mol. The Morgan fingerprint density at radius 2 is 1.80 bits per heavy atom. The quantitative estimate of drug-likeness (QED) is 0.653. The summed E-state index contributed by atoms with van der Waals surface area (Å²) in [4.78, 5) is 26.0. The van der Waals surface area contributed by atoms with Crippen molar-refractivity contribution >= 4 is 40.0 Å². The van der Waals surface area contributed by atoms with E-state index in [0.717, 1.165) is 11.3 Å². The standard InChI is InChI=1S/C21H22N6O2S/c1-26-17(12-14-6-4-3-5-7-14)20(28)27(2)18-13-23-21(25-19(18)26)24-15-8-10-16(11-9-15)30(22)29/h3-11,13,17H,12,22H2,1-2H3,(H,23,24,25). The van der Waals surface area contributed by atoms with Crippen molar-refractivity contribution in [3.8, 4) is 0 Å². The number of nitrogens with one attached hydrogen (secondary N) is 1. The van der Waals surface area contributed by atoms with Crippen LogP contribution in [-0.4, -0.2) is 40.2 Å². The number of nitrogens with zero attached hydrogens (tertiary/aromatic N) is 4. The summed E-state index contributed by atoms with van der Waals surface area (Å²) in [6.45, 7) is 0. The Kier molecular flexibility index (Phi) is 5.47. The summed E-state index contributed by atoms with van der Waals surface area (Å²) in [5.41, 5.74) is 2.49. The fraction of sp³-hybridized carbons (Fsp3) is 0.190. The molecule has 2 unspecified atom stereocenters. The topological polar surface area (TPSA) is 104 Å². The molecule has 3 aromatic rings. The van der Waals surface area contributed by atoms with Gasteiger partial charge in [-0.2, -0.15) is 4.98 Å². The summed E-state index contributed by atoms with van der Waals surface area (Å²) in [5, 5.41) is 8.53. The number of amides is 1. The molecule has 0 saturated heterocycles. The van der Waals surface area contributed by atoms with E-state index in [2.05, 4.69) is 15.3 Å². The number of hydrogen-bond donors (Lipinski definition) is 2. The van der Waals surface area contributed by atoms with Gasteiger partial charge in [0.25, 0.3) is 0 Å². The zero-order valence-corrected chi connectivity index (χ0v) is 17.5.